The van der Waals surface area contributed by atoms with Crippen molar-refractivity contribution in [3.8, 4) is 6.07 Å². The van der Waals surface area contributed by atoms with Crippen molar-refractivity contribution in [2.45, 2.75) is 6.61 Å². The molecule has 5 nitrogen and oxygen atoms in total. The van der Waals surface area contributed by atoms with Crippen LogP contribution in [0.5, 0.6) is 0 Å². The summed E-state index contributed by atoms with van der Waals surface area (Å²) in [6.07, 6.45) is 0. The molecule has 0 atom stereocenters. The molecular formula is C8H5IN2O3. The van der Waals surface area contributed by atoms with Crippen LogP contribution in [0.3, 0.4) is 0 Å². The number of benzene rings is 1. The first-order valence-electron chi connectivity index (χ1n) is 3.58. The zero-order valence-corrected chi connectivity index (χ0v) is 9.06. The van der Waals surface area contributed by atoms with Crippen molar-refractivity contribution in [2.75, 3.05) is 0 Å². The van der Waals surface area contributed by atoms with E-state index in [4.69, 9.17) is 10.4 Å². The van der Waals surface area contributed by atoms with Crippen molar-refractivity contribution >= 4 is 28.3 Å². The Hall–Kier alpha value is -1.20. The smallest absolute Gasteiger partial charge is 0.276 e. The molecule has 72 valence electrons. The van der Waals surface area contributed by atoms with E-state index in [0.29, 0.717) is 3.57 Å². The molecule has 0 spiro atoms. The van der Waals surface area contributed by atoms with Gasteiger partial charge in [0, 0.05) is 9.64 Å². The number of hydrogen-bond donors (Lipinski definition) is 1. The molecule has 0 aliphatic heterocycles. The Labute approximate surface area is 93.3 Å². The molecule has 1 aromatic rings. The number of aliphatic hydroxyl groups is 1. The topological polar surface area (TPSA) is 87.2 Å². The molecule has 0 saturated carbocycles. The van der Waals surface area contributed by atoms with Crippen LogP contribution in [0, 0.1) is 25.0 Å². The normalized spacial score (nSPS) is 9.50. The van der Waals surface area contributed by atoms with Gasteiger partial charge in [0.15, 0.2) is 0 Å². The van der Waals surface area contributed by atoms with Crippen LogP contribution in [-0.2, 0) is 6.61 Å². The Morgan fingerprint density at radius 3 is 2.71 bits per heavy atom. The van der Waals surface area contributed by atoms with Crippen molar-refractivity contribution < 1.29 is 10.0 Å². The van der Waals surface area contributed by atoms with Gasteiger partial charge in [-0.25, -0.2) is 0 Å². The molecular weight excluding hydrogens is 299 g/mol. The Bertz CT molecular complexity index is 425. The van der Waals surface area contributed by atoms with Gasteiger partial charge in [-0.05, 0) is 28.7 Å². The average Bonchev–Trinajstić information content (AvgIpc) is 2.16. The summed E-state index contributed by atoms with van der Waals surface area (Å²) in [4.78, 5) is 9.93. The van der Waals surface area contributed by atoms with Crippen molar-refractivity contribution in [2.24, 2.45) is 0 Å². The highest BCUT2D eigenvalue weighted by molar-refractivity contribution is 14.1. The molecule has 0 aliphatic rings. The van der Waals surface area contributed by atoms with Crippen LogP contribution in [-0.4, -0.2) is 10.0 Å². The summed E-state index contributed by atoms with van der Waals surface area (Å²) in [5, 5.41) is 28.1. The molecule has 0 aliphatic carbocycles. The minimum atomic E-state index is -0.609. The third-order valence-corrected chi connectivity index (χ3v) is 2.55. The highest BCUT2D eigenvalue weighted by atomic mass is 127. The summed E-state index contributed by atoms with van der Waals surface area (Å²) in [5.41, 5.74) is 0.248. The molecule has 1 rings (SSSR count). The first-order valence-corrected chi connectivity index (χ1v) is 4.65. The van der Waals surface area contributed by atoms with Gasteiger partial charge in [0.25, 0.3) is 5.69 Å². The lowest BCUT2D eigenvalue weighted by molar-refractivity contribution is -0.385. The minimum absolute atomic E-state index is 0.218. The van der Waals surface area contributed by atoms with Crippen LogP contribution < -0.4 is 0 Å². The summed E-state index contributed by atoms with van der Waals surface area (Å²) in [7, 11) is 0. The van der Waals surface area contributed by atoms with Gasteiger partial charge in [0.1, 0.15) is 6.07 Å². The van der Waals surface area contributed by atoms with Crippen molar-refractivity contribution in [3.05, 3.63) is 36.9 Å². The summed E-state index contributed by atoms with van der Waals surface area (Å²) >= 11 is 1.89. The number of rotatable bonds is 2. The lowest BCUT2D eigenvalue weighted by Gasteiger charge is -2.01. The van der Waals surface area contributed by atoms with Crippen molar-refractivity contribution in [1.29, 1.82) is 5.26 Å². The molecule has 0 unspecified atom stereocenters. The van der Waals surface area contributed by atoms with Gasteiger partial charge in [-0.15, -0.1) is 0 Å². The molecule has 0 bridgehead atoms. The number of halogens is 1. The molecule has 1 N–H and O–H groups in total. The van der Waals surface area contributed by atoms with Crippen LogP contribution in [0.15, 0.2) is 12.1 Å². The Balaban J connectivity index is 3.42. The number of hydrogen-bond acceptors (Lipinski definition) is 4. The highest BCUT2D eigenvalue weighted by Gasteiger charge is 2.16. The van der Waals surface area contributed by atoms with E-state index in [1.54, 1.807) is 0 Å². The second kappa shape index (κ2) is 4.34. The first kappa shape index (κ1) is 10.9. The fraction of sp³-hybridized carbons (Fsp3) is 0.125. The van der Waals surface area contributed by atoms with Crippen LogP contribution in [0.2, 0.25) is 0 Å². The minimum Gasteiger partial charge on any atom is -0.391 e. The van der Waals surface area contributed by atoms with E-state index in [1.165, 1.54) is 12.1 Å². The largest absolute Gasteiger partial charge is 0.391 e. The number of aliphatic hydroxyl groups excluding tert-OH is 1. The Morgan fingerprint density at radius 2 is 2.29 bits per heavy atom. The van der Waals surface area contributed by atoms with Gasteiger partial charge < -0.3 is 5.11 Å². The maximum Gasteiger partial charge on any atom is 0.276 e. The highest BCUT2D eigenvalue weighted by Crippen LogP contribution is 2.24. The van der Waals surface area contributed by atoms with Crippen LogP contribution in [0.25, 0.3) is 0 Å². The molecule has 6 heteroatoms. The standard InChI is InChI=1S/C8H5IN2O3/c9-7-1-6(4-12)8(11(13)14)2-5(7)3-10/h1-2,12H,4H2. The summed E-state index contributed by atoms with van der Waals surface area (Å²) in [6, 6.07) is 4.46. The van der Waals surface area contributed by atoms with E-state index in [-0.39, 0.29) is 16.8 Å². The number of nitro groups is 1. The predicted molar refractivity (Wildman–Crippen MR) is 56.5 cm³/mol. The maximum atomic E-state index is 10.5. The number of nitrogens with zero attached hydrogens (tertiary/aromatic N) is 2. The predicted octanol–water partition coefficient (Wildman–Crippen LogP) is 1.56. The van der Waals surface area contributed by atoms with Gasteiger partial charge in [-0.2, -0.15) is 5.26 Å². The first-order chi connectivity index (χ1) is 6.60. The summed E-state index contributed by atoms with van der Waals surface area (Å²) < 4.78 is 0.597. The van der Waals surface area contributed by atoms with Gasteiger partial charge >= 0.3 is 0 Å². The Morgan fingerprint density at radius 1 is 1.64 bits per heavy atom. The third kappa shape index (κ3) is 2.00. The second-order valence-electron chi connectivity index (χ2n) is 2.49. The Kier molecular flexibility index (Phi) is 3.38. The lowest BCUT2D eigenvalue weighted by Crippen LogP contribution is -1.98. The quantitative estimate of drug-likeness (QED) is 0.510. The monoisotopic (exact) mass is 304 g/mol. The number of nitro benzene ring substituents is 1. The molecule has 0 saturated heterocycles. The van der Waals surface area contributed by atoms with Gasteiger partial charge in [-0.3, -0.25) is 10.1 Å². The molecule has 0 amide bonds. The molecule has 0 heterocycles. The molecule has 0 aromatic heterocycles. The van der Waals surface area contributed by atoms with Gasteiger partial charge in [-0.1, -0.05) is 0 Å². The molecule has 0 fully saturated rings. The van der Waals surface area contributed by atoms with Crippen LogP contribution in [0.1, 0.15) is 11.1 Å². The summed E-state index contributed by atoms with van der Waals surface area (Å²) in [6.45, 7) is -0.405. The van der Waals surface area contributed by atoms with E-state index >= 15 is 0 Å². The zero-order chi connectivity index (χ0) is 10.7. The van der Waals surface area contributed by atoms with E-state index in [0.717, 1.165) is 0 Å². The SMILES string of the molecule is N#Cc1cc([N+](=O)[O-])c(CO)cc1I. The van der Waals surface area contributed by atoms with Crippen molar-refractivity contribution in [3.63, 3.8) is 0 Å². The molecule has 1 aromatic carbocycles. The zero-order valence-electron chi connectivity index (χ0n) is 6.90. The van der Waals surface area contributed by atoms with E-state index in [9.17, 15) is 10.1 Å². The van der Waals surface area contributed by atoms with Gasteiger partial charge in [0.05, 0.1) is 22.7 Å². The van der Waals surface area contributed by atoms with Crippen LogP contribution in [0.4, 0.5) is 5.69 Å². The molecule has 14 heavy (non-hydrogen) atoms. The maximum absolute atomic E-state index is 10.5. The van der Waals surface area contributed by atoms with E-state index < -0.39 is 11.5 Å². The summed E-state index contributed by atoms with van der Waals surface area (Å²) in [5.74, 6) is 0. The molecule has 0 radical (unpaired) electrons. The van der Waals surface area contributed by atoms with Crippen molar-refractivity contribution in [1.82, 2.24) is 0 Å². The fourth-order valence-electron chi connectivity index (χ4n) is 0.985. The third-order valence-electron chi connectivity index (χ3n) is 1.66. The number of nitriles is 1. The van der Waals surface area contributed by atoms with Gasteiger partial charge in [0.2, 0.25) is 0 Å². The average molecular weight is 304 g/mol. The lowest BCUT2D eigenvalue weighted by atomic mass is 10.1. The van der Waals surface area contributed by atoms with E-state index in [1.807, 2.05) is 28.7 Å². The fourth-order valence-corrected chi connectivity index (χ4v) is 1.64. The van der Waals surface area contributed by atoms with E-state index in [2.05, 4.69) is 0 Å². The van der Waals surface area contributed by atoms with Crippen LogP contribution >= 0.6 is 22.6 Å². The second-order valence-corrected chi connectivity index (χ2v) is 3.65.